The van der Waals surface area contributed by atoms with Crippen molar-refractivity contribution in [2.45, 2.75) is 24.2 Å². The number of carboxylic acid groups (broad SMARTS) is 1. The number of sulfonamides is 1. The van der Waals surface area contributed by atoms with Crippen LogP contribution in [0, 0.1) is 5.92 Å². The summed E-state index contributed by atoms with van der Waals surface area (Å²) in [6.45, 7) is 1.69. The lowest BCUT2D eigenvalue weighted by molar-refractivity contribution is -0.136. The summed E-state index contributed by atoms with van der Waals surface area (Å²) >= 11 is 0. The van der Waals surface area contributed by atoms with Crippen molar-refractivity contribution in [1.82, 2.24) is 4.72 Å². The maximum absolute atomic E-state index is 12.1. The molecule has 7 heteroatoms. The van der Waals surface area contributed by atoms with Crippen LogP contribution in [-0.2, 0) is 26.0 Å². The molecule has 1 unspecified atom stereocenters. The molecular formula is C14H19NO5S. The van der Waals surface area contributed by atoms with E-state index in [0.29, 0.717) is 18.7 Å². The molecule has 1 heterocycles. The third-order valence-electron chi connectivity index (χ3n) is 3.41. The second-order valence-electron chi connectivity index (χ2n) is 5.15. The number of aliphatic carboxylic acids is 1. The van der Waals surface area contributed by atoms with Crippen LogP contribution in [0.15, 0.2) is 29.2 Å². The Morgan fingerprint density at radius 1 is 1.33 bits per heavy atom. The number of benzene rings is 1. The first-order valence-corrected chi connectivity index (χ1v) is 8.34. The van der Waals surface area contributed by atoms with Crippen molar-refractivity contribution >= 4 is 16.0 Å². The molecular weight excluding hydrogens is 294 g/mol. The zero-order valence-corrected chi connectivity index (χ0v) is 12.4. The first-order valence-electron chi connectivity index (χ1n) is 6.85. The Labute approximate surface area is 124 Å². The smallest absolute Gasteiger partial charge is 0.307 e. The molecule has 0 amide bonds. The van der Waals surface area contributed by atoms with Gasteiger partial charge in [-0.1, -0.05) is 12.1 Å². The molecule has 1 aliphatic rings. The molecule has 1 aromatic carbocycles. The largest absolute Gasteiger partial charge is 0.481 e. The lowest BCUT2D eigenvalue weighted by Crippen LogP contribution is -2.33. The zero-order chi connectivity index (χ0) is 15.3. The van der Waals surface area contributed by atoms with E-state index >= 15 is 0 Å². The molecule has 116 valence electrons. The maximum atomic E-state index is 12.1. The van der Waals surface area contributed by atoms with Crippen LogP contribution in [0.2, 0.25) is 0 Å². The topological polar surface area (TPSA) is 92.7 Å². The summed E-state index contributed by atoms with van der Waals surface area (Å²) in [5, 5.41) is 8.68. The van der Waals surface area contributed by atoms with E-state index in [1.54, 1.807) is 0 Å². The van der Waals surface area contributed by atoms with E-state index in [1.807, 2.05) is 0 Å². The fraction of sp³-hybridized carbons (Fsp3) is 0.500. The molecule has 1 atom stereocenters. The van der Waals surface area contributed by atoms with Gasteiger partial charge in [-0.3, -0.25) is 4.79 Å². The molecule has 0 spiro atoms. The van der Waals surface area contributed by atoms with Gasteiger partial charge in [0.1, 0.15) is 0 Å². The highest BCUT2D eigenvalue weighted by Crippen LogP contribution is 2.15. The number of hydrogen-bond acceptors (Lipinski definition) is 4. The highest BCUT2D eigenvalue weighted by Gasteiger charge is 2.19. The Morgan fingerprint density at radius 3 is 2.62 bits per heavy atom. The van der Waals surface area contributed by atoms with Crippen molar-refractivity contribution in [3.05, 3.63) is 29.8 Å². The Balaban J connectivity index is 1.96. The van der Waals surface area contributed by atoms with Crippen LogP contribution >= 0.6 is 0 Å². The third-order valence-corrected chi connectivity index (χ3v) is 4.85. The summed E-state index contributed by atoms with van der Waals surface area (Å²) in [7, 11) is -3.56. The number of carbonyl (C=O) groups is 1. The van der Waals surface area contributed by atoms with Gasteiger partial charge in [0.25, 0.3) is 0 Å². The van der Waals surface area contributed by atoms with Gasteiger partial charge in [-0.25, -0.2) is 13.1 Å². The van der Waals surface area contributed by atoms with E-state index < -0.39 is 16.0 Å². The monoisotopic (exact) mass is 313 g/mol. The molecule has 1 aliphatic heterocycles. The van der Waals surface area contributed by atoms with Gasteiger partial charge in [-0.2, -0.15) is 0 Å². The fourth-order valence-corrected chi connectivity index (χ4v) is 3.36. The van der Waals surface area contributed by atoms with E-state index in [1.165, 1.54) is 24.3 Å². The molecule has 0 radical (unpaired) electrons. The minimum absolute atomic E-state index is 0.118. The maximum Gasteiger partial charge on any atom is 0.307 e. The Kier molecular flexibility index (Phi) is 5.33. The van der Waals surface area contributed by atoms with Crippen LogP contribution < -0.4 is 4.72 Å². The molecule has 0 aliphatic carbocycles. The minimum atomic E-state index is -3.56. The van der Waals surface area contributed by atoms with Crippen molar-refractivity contribution in [2.24, 2.45) is 5.92 Å². The third kappa shape index (κ3) is 4.80. The first-order chi connectivity index (χ1) is 9.97. The Bertz CT molecular complexity index is 576. The van der Waals surface area contributed by atoms with Crippen molar-refractivity contribution in [1.29, 1.82) is 0 Å². The van der Waals surface area contributed by atoms with Gasteiger partial charge < -0.3 is 9.84 Å². The van der Waals surface area contributed by atoms with Crippen LogP contribution in [-0.4, -0.2) is 39.3 Å². The highest BCUT2D eigenvalue weighted by atomic mass is 32.2. The number of ether oxygens (including phenoxy) is 1. The molecule has 21 heavy (non-hydrogen) atoms. The molecule has 0 saturated carbocycles. The number of rotatable bonds is 6. The van der Waals surface area contributed by atoms with E-state index in [4.69, 9.17) is 9.84 Å². The minimum Gasteiger partial charge on any atom is -0.481 e. The molecule has 0 aromatic heterocycles. The molecule has 1 aromatic rings. The molecule has 2 rings (SSSR count). The van der Waals surface area contributed by atoms with Crippen LogP contribution in [0.4, 0.5) is 0 Å². The van der Waals surface area contributed by atoms with Crippen molar-refractivity contribution in [3.63, 3.8) is 0 Å². The first kappa shape index (κ1) is 15.9. The van der Waals surface area contributed by atoms with Gasteiger partial charge in [0.2, 0.25) is 10.0 Å². The van der Waals surface area contributed by atoms with E-state index in [2.05, 4.69) is 4.72 Å². The van der Waals surface area contributed by atoms with E-state index in [9.17, 15) is 13.2 Å². The summed E-state index contributed by atoms with van der Waals surface area (Å²) < 4.78 is 32.2. The van der Waals surface area contributed by atoms with Crippen molar-refractivity contribution < 1.29 is 23.1 Å². The van der Waals surface area contributed by atoms with E-state index in [-0.39, 0.29) is 17.2 Å². The van der Waals surface area contributed by atoms with Gasteiger partial charge in [-0.05, 0) is 36.5 Å². The van der Waals surface area contributed by atoms with Crippen LogP contribution in [0.25, 0.3) is 0 Å². The van der Waals surface area contributed by atoms with Crippen LogP contribution in [0.3, 0.4) is 0 Å². The lowest BCUT2D eigenvalue weighted by Gasteiger charge is -2.22. The van der Waals surface area contributed by atoms with Gasteiger partial charge in [0.05, 0.1) is 17.9 Å². The summed E-state index contributed by atoms with van der Waals surface area (Å²) in [5.74, 6) is -0.735. The standard InChI is InChI=1S/C14H19NO5S/c16-14(17)8-11-3-5-13(6-4-11)21(18,19)15-9-12-2-1-7-20-10-12/h3-6,12,15H,1-2,7-10H2,(H,16,17). The fourth-order valence-electron chi connectivity index (χ4n) is 2.24. The lowest BCUT2D eigenvalue weighted by atomic mass is 10.0. The summed E-state index contributed by atoms with van der Waals surface area (Å²) in [4.78, 5) is 10.7. The van der Waals surface area contributed by atoms with Gasteiger partial charge in [0, 0.05) is 13.2 Å². The quantitative estimate of drug-likeness (QED) is 0.818. The molecule has 1 fully saturated rings. The Morgan fingerprint density at radius 2 is 2.05 bits per heavy atom. The average Bonchev–Trinajstić information content (AvgIpc) is 2.46. The van der Waals surface area contributed by atoms with Gasteiger partial charge >= 0.3 is 5.97 Å². The van der Waals surface area contributed by atoms with Crippen molar-refractivity contribution in [2.75, 3.05) is 19.8 Å². The number of hydrogen-bond donors (Lipinski definition) is 2. The summed E-state index contributed by atoms with van der Waals surface area (Å²) in [5.41, 5.74) is 0.571. The number of carboxylic acids is 1. The molecule has 1 saturated heterocycles. The zero-order valence-electron chi connectivity index (χ0n) is 11.6. The average molecular weight is 313 g/mol. The van der Waals surface area contributed by atoms with Crippen molar-refractivity contribution in [3.8, 4) is 0 Å². The normalized spacial score (nSPS) is 19.3. The molecule has 0 bridgehead atoms. The van der Waals surface area contributed by atoms with Gasteiger partial charge in [-0.15, -0.1) is 0 Å². The SMILES string of the molecule is O=C(O)Cc1ccc(S(=O)(=O)NCC2CCCOC2)cc1. The second kappa shape index (κ2) is 7.02. The molecule has 2 N–H and O–H groups in total. The summed E-state index contributed by atoms with van der Waals surface area (Å²) in [6.07, 6.45) is 1.80. The number of nitrogens with one attached hydrogen (secondary N) is 1. The van der Waals surface area contributed by atoms with E-state index in [0.717, 1.165) is 19.4 Å². The Hall–Kier alpha value is -1.44. The van der Waals surface area contributed by atoms with Crippen LogP contribution in [0.1, 0.15) is 18.4 Å². The predicted molar refractivity (Wildman–Crippen MR) is 76.5 cm³/mol. The summed E-state index contributed by atoms with van der Waals surface area (Å²) in [6, 6.07) is 5.90. The highest BCUT2D eigenvalue weighted by molar-refractivity contribution is 7.89. The van der Waals surface area contributed by atoms with Gasteiger partial charge in [0.15, 0.2) is 0 Å². The molecule has 6 nitrogen and oxygen atoms in total. The second-order valence-corrected chi connectivity index (χ2v) is 6.92. The van der Waals surface area contributed by atoms with Crippen LogP contribution in [0.5, 0.6) is 0 Å². The predicted octanol–water partition coefficient (Wildman–Crippen LogP) is 1.02.